The summed E-state index contributed by atoms with van der Waals surface area (Å²) in [6.45, 7) is 0. The van der Waals surface area contributed by atoms with Crippen molar-refractivity contribution >= 4 is 63.5 Å². The third-order valence-electron chi connectivity index (χ3n) is 1.82. The number of thiocarbonyl (C=S) groups is 1. The predicted octanol–water partition coefficient (Wildman–Crippen LogP) is 3.48. The fourth-order valence-corrected chi connectivity index (χ4v) is 2.82. The average molecular weight is 290 g/mol. The van der Waals surface area contributed by atoms with E-state index in [4.69, 9.17) is 35.4 Å². The second kappa shape index (κ2) is 4.75. The van der Waals surface area contributed by atoms with Crippen molar-refractivity contribution in [3.63, 3.8) is 0 Å². The van der Waals surface area contributed by atoms with Crippen LogP contribution >= 0.6 is 47.2 Å². The van der Waals surface area contributed by atoms with Gasteiger partial charge in [-0.15, -0.1) is 0 Å². The van der Waals surface area contributed by atoms with Crippen LogP contribution in [0, 0.1) is 0 Å². The highest BCUT2D eigenvalue weighted by Gasteiger charge is 2.21. The lowest BCUT2D eigenvalue weighted by Gasteiger charge is -1.98. The number of thioether (sulfide) groups is 1. The van der Waals surface area contributed by atoms with Gasteiger partial charge in [-0.2, -0.15) is 0 Å². The summed E-state index contributed by atoms with van der Waals surface area (Å²) >= 11 is 17.8. The van der Waals surface area contributed by atoms with Crippen LogP contribution in [0.5, 0.6) is 0 Å². The Morgan fingerprint density at radius 2 is 1.88 bits per heavy atom. The van der Waals surface area contributed by atoms with Gasteiger partial charge in [0.15, 0.2) is 0 Å². The first-order chi connectivity index (χ1) is 7.54. The van der Waals surface area contributed by atoms with E-state index in [0.29, 0.717) is 19.3 Å². The monoisotopic (exact) mass is 289 g/mol. The van der Waals surface area contributed by atoms with E-state index in [0.717, 1.165) is 5.56 Å². The Hall–Kier alpha value is -0.550. The molecule has 0 radical (unpaired) electrons. The normalized spacial score (nSPS) is 18.0. The molecular weight excluding hydrogens is 285 g/mol. The molecule has 2 nitrogen and oxygen atoms in total. The van der Waals surface area contributed by atoms with Crippen molar-refractivity contribution in [2.75, 3.05) is 0 Å². The molecule has 0 unspecified atom stereocenters. The molecule has 2 rings (SSSR count). The van der Waals surface area contributed by atoms with Gasteiger partial charge in [0.1, 0.15) is 4.32 Å². The highest BCUT2D eigenvalue weighted by atomic mass is 35.5. The van der Waals surface area contributed by atoms with Crippen LogP contribution in [0.4, 0.5) is 0 Å². The van der Waals surface area contributed by atoms with E-state index in [1.165, 1.54) is 11.8 Å². The first-order valence-corrected chi connectivity index (χ1v) is 6.23. The molecule has 1 aliphatic heterocycles. The van der Waals surface area contributed by atoms with Crippen molar-refractivity contribution in [2.24, 2.45) is 0 Å². The number of carbonyl (C=O) groups excluding carboxylic acids is 1. The zero-order valence-electron chi connectivity index (χ0n) is 7.79. The SMILES string of the molecule is O=C1NC(=S)S/C1=C\c1cc(Cl)cc(Cl)c1. The number of hydrogen-bond acceptors (Lipinski definition) is 3. The number of halogens is 2. The standard InChI is InChI=1S/C10H5Cl2NOS2/c11-6-1-5(2-7(12)4-6)3-8-9(14)13-10(15)16-8/h1-4H,(H,13,14,15)/b8-3-. The molecule has 0 aliphatic carbocycles. The van der Waals surface area contributed by atoms with Gasteiger partial charge in [-0.1, -0.05) is 47.2 Å². The minimum absolute atomic E-state index is 0.189. The van der Waals surface area contributed by atoms with E-state index in [1.807, 2.05) is 0 Å². The molecule has 0 spiro atoms. The Labute approximate surface area is 112 Å². The molecule has 1 aromatic rings. The Balaban J connectivity index is 2.36. The summed E-state index contributed by atoms with van der Waals surface area (Å²) in [5, 5.41) is 3.60. The minimum Gasteiger partial charge on any atom is -0.307 e. The van der Waals surface area contributed by atoms with Gasteiger partial charge >= 0.3 is 0 Å². The summed E-state index contributed by atoms with van der Waals surface area (Å²) in [7, 11) is 0. The first kappa shape index (κ1) is 11.9. The molecule has 6 heteroatoms. The summed E-state index contributed by atoms with van der Waals surface area (Å²) in [6, 6.07) is 5.10. The van der Waals surface area contributed by atoms with Crippen molar-refractivity contribution in [2.45, 2.75) is 0 Å². The smallest absolute Gasteiger partial charge is 0.263 e. The number of benzene rings is 1. The first-order valence-electron chi connectivity index (χ1n) is 4.25. The van der Waals surface area contributed by atoms with Crippen LogP contribution in [-0.4, -0.2) is 10.2 Å². The number of hydrogen-bond donors (Lipinski definition) is 1. The summed E-state index contributed by atoms with van der Waals surface area (Å²) in [5.41, 5.74) is 0.778. The van der Waals surface area contributed by atoms with E-state index in [1.54, 1.807) is 24.3 Å². The van der Waals surface area contributed by atoms with Gasteiger partial charge in [0, 0.05) is 10.0 Å². The van der Waals surface area contributed by atoms with Crippen molar-refractivity contribution in [1.82, 2.24) is 5.32 Å². The van der Waals surface area contributed by atoms with E-state index >= 15 is 0 Å². The summed E-state index contributed by atoms with van der Waals surface area (Å²) in [6.07, 6.45) is 1.71. The lowest BCUT2D eigenvalue weighted by Crippen LogP contribution is -2.17. The largest absolute Gasteiger partial charge is 0.307 e. The van der Waals surface area contributed by atoms with Gasteiger partial charge in [0.25, 0.3) is 5.91 Å². The van der Waals surface area contributed by atoms with Crippen LogP contribution in [0.25, 0.3) is 6.08 Å². The van der Waals surface area contributed by atoms with Crippen LogP contribution in [0.1, 0.15) is 5.56 Å². The molecule has 16 heavy (non-hydrogen) atoms. The van der Waals surface area contributed by atoms with E-state index in [2.05, 4.69) is 5.32 Å². The predicted molar refractivity (Wildman–Crippen MR) is 72.8 cm³/mol. The number of carbonyl (C=O) groups is 1. The quantitative estimate of drug-likeness (QED) is 0.634. The number of rotatable bonds is 1. The summed E-state index contributed by atoms with van der Waals surface area (Å²) < 4.78 is 0.462. The van der Waals surface area contributed by atoms with E-state index in [9.17, 15) is 4.79 Å². The maximum Gasteiger partial charge on any atom is 0.263 e. The Morgan fingerprint density at radius 3 is 2.38 bits per heavy atom. The molecule has 1 saturated heterocycles. The van der Waals surface area contributed by atoms with E-state index < -0.39 is 0 Å². The fourth-order valence-electron chi connectivity index (χ4n) is 1.23. The van der Waals surface area contributed by atoms with Gasteiger partial charge in [-0.05, 0) is 29.8 Å². The third kappa shape index (κ3) is 2.77. The Bertz CT molecular complexity index is 493. The van der Waals surface area contributed by atoms with Crippen LogP contribution in [-0.2, 0) is 4.79 Å². The van der Waals surface area contributed by atoms with Crippen LogP contribution in [0.15, 0.2) is 23.1 Å². The highest BCUT2D eigenvalue weighted by Crippen LogP contribution is 2.27. The second-order valence-corrected chi connectivity index (χ2v) is 5.65. The molecule has 1 heterocycles. The second-order valence-electron chi connectivity index (χ2n) is 3.06. The van der Waals surface area contributed by atoms with E-state index in [-0.39, 0.29) is 5.91 Å². The van der Waals surface area contributed by atoms with Crippen molar-refractivity contribution in [3.05, 3.63) is 38.7 Å². The fraction of sp³-hybridized carbons (Fsp3) is 0. The number of amides is 1. The van der Waals surface area contributed by atoms with Gasteiger partial charge in [0.05, 0.1) is 4.91 Å². The van der Waals surface area contributed by atoms with Crippen molar-refractivity contribution < 1.29 is 4.79 Å². The molecular formula is C10H5Cl2NOS2. The summed E-state index contributed by atoms with van der Waals surface area (Å²) in [5.74, 6) is -0.189. The molecule has 1 fully saturated rings. The maximum absolute atomic E-state index is 11.4. The molecule has 0 aromatic heterocycles. The molecule has 1 aliphatic rings. The van der Waals surface area contributed by atoms with Crippen LogP contribution < -0.4 is 5.32 Å². The zero-order chi connectivity index (χ0) is 11.7. The zero-order valence-corrected chi connectivity index (χ0v) is 10.9. The molecule has 1 N–H and O–H groups in total. The molecule has 1 aromatic carbocycles. The number of nitrogens with one attached hydrogen (secondary N) is 1. The molecule has 82 valence electrons. The van der Waals surface area contributed by atoms with Crippen molar-refractivity contribution in [3.8, 4) is 0 Å². The van der Waals surface area contributed by atoms with Gasteiger partial charge < -0.3 is 5.32 Å². The Morgan fingerprint density at radius 1 is 1.25 bits per heavy atom. The highest BCUT2D eigenvalue weighted by molar-refractivity contribution is 8.26. The topological polar surface area (TPSA) is 29.1 Å². The van der Waals surface area contributed by atoms with Gasteiger partial charge in [-0.3, -0.25) is 4.79 Å². The van der Waals surface area contributed by atoms with Gasteiger partial charge in [0.2, 0.25) is 0 Å². The molecule has 1 amide bonds. The van der Waals surface area contributed by atoms with Gasteiger partial charge in [-0.25, -0.2) is 0 Å². The maximum atomic E-state index is 11.4. The minimum atomic E-state index is -0.189. The Kier molecular flexibility index (Phi) is 3.54. The third-order valence-corrected chi connectivity index (χ3v) is 3.42. The van der Waals surface area contributed by atoms with Crippen LogP contribution in [0.3, 0.4) is 0 Å². The lowest BCUT2D eigenvalue weighted by molar-refractivity contribution is -0.115. The summed E-state index contributed by atoms with van der Waals surface area (Å²) in [4.78, 5) is 11.9. The molecule has 0 bridgehead atoms. The molecule has 0 atom stereocenters. The average Bonchev–Trinajstić information content (AvgIpc) is 2.43. The molecule has 0 saturated carbocycles. The lowest BCUT2D eigenvalue weighted by atomic mass is 10.2. The van der Waals surface area contributed by atoms with Crippen LogP contribution in [0.2, 0.25) is 10.0 Å². The van der Waals surface area contributed by atoms with Crippen molar-refractivity contribution in [1.29, 1.82) is 0 Å².